The molecule has 23 heavy (non-hydrogen) atoms. The van der Waals surface area contributed by atoms with Crippen molar-refractivity contribution in [3.05, 3.63) is 65.2 Å². The lowest BCUT2D eigenvalue weighted by Gasteiger charge is -2.20. The van der Waals surface area contributed by atoms with Crippen LogP contribution in [0.5, 0.6) is 0 Å². The maximum atomic E-state index is 12.6. The van der Waals surface area contributed by atoms with E-state index in [0.717, 1.165) is 27.3 Å². The second kappa shape index (κ2) is 5.63. The Kier molecular flexibility index (Phi) is 3.46. The van der Waals surface area contributed by atoms with Crippen LogP contribution in [0, 0.1) is 0 Å². The Labute approximate surface area is 138 Å². The van der Waals surface area contributed by atoms with Gasteiger partial charge in [-0.3, -0.25) is 4.79 Å². The molecule has 1 aromatic heterocycles. The summed E-state index contributed by atoms with van der Waals surface area (Å²) in [5.74, 6) is 0.0155. The van der Waals surface area contributed by atoms with Crippen molar-refractivity contribution in [1.82, 2.24) is 4.98 Å². The average molecular weight is 320 g/mol. The number of nitrogens with zero attached hydrogens (tertiary/aromatic N) is 2. The Bertz CT molecular complexity index is 879. The van der Waals surface area contributed by atoms with Gasteiger partial charge >= 0.3 is 0 Å². The zero-order chi connectivity index (χ0) is 15.8. The van der Waals surface area contributed by atoms with E-state index < -0.39 is 0 Å². The molecule has 0 N–H and O–H groups in total. The number of fused-ring (bicyclic) bond motifs is 2. The second-order valence-corrected chi connectivity index (χ2v) is 6.81. The highest BCUT2D eigenvalue weighted by atomic mass is 32.1. The molecule has 0 radical (unpaired) electrons. The van der Waals surface area contributed by atoms with Crippen LogP contribution in [0.2, 0.25) is 0 Å². The van der Waals surface area contributed by atoms with Crippen LogP contribution >= 0.6 is 11.3 Å². The van der Waals surface area contributed by atoms with Gasteiger partial charge in [0.1, 0.15) is 5.01 Å². The first-order valence-electron chi connectivity index (χ1n) is 7.67. The van der Waals surface area contributed by atoms with Crippen molar-refractivity contribution in [2.45, 2.75) is 19.4 Å². The fourth-order valence-corrected chi connectivity index (χ4v) is 3.96. The summed E-state index contributed by atoms with van der Waals surface area (Å²) in [6.45, 7) is 2.09. The molecule has 3 aromatic rings. The number of rotatable bonds is 2. The van der Waals surface area contributed by atoms with Crippen LogP contribution in [0.1, 0.15) is 17.5 Å². The maximum absolute atomic E-state index is 12.6. The van der Waals surface area contributed by atoms with Crippen LogP contribution in [-0.4, -0.2) is 16.9 Å². The molecular weight excluding hydrogens is 304 g/mol. The number of carbonyl (C=O) groups excluding carboxylic acids is 1. The molecule has 3 nitrogen and oxygen atoms in total. The van der Waals surface area contributed by atoms with Gasteiger partial charge in [-0.05, 0) is 43.2 Å². The van der Waals surface area contributed by atoms with Gasteiger partial charge in [0.15, 0.2) is 0 Å². The fourth-order valence-electron chi connectivity index (χ4n) is 3.09. The van der Waals surface area contributed by atoms with Crippen LogP contribution < -0.4 is 4.90 Å². The predicted octanol–water partition coefficient (Wildman–Crippen LogP) is 4.29. The number of hydrogen-bond acceptors (Lipinski definition) is 3. The first-order chi connectivity index (χ1) is 11.2. The van der Waals surface area contributed by atoms with Gasteiger partial charge in [0.05, 0.1) is 10.2 Å². The third-order valence-electron chi connectivity index (χ3n) is 4.12. The molecule has 1 atom stereocenters. The minimum atomic E-state index is 0.0155. The molecule has 2 aromatic carbocycles. The van der Waals surface area contributed by atoms with Gasteiger partial charge in [0, 0.05) is 17.8 Å². The van der Waals surface area contributed by atoms with Gasteiger partial charge in [-0.1, -0.05) is 30.3 Å². The first-order valence-corrected chi connectivity index (χ1v) is 8.49. The van der Waals surface area contributed by atoms with Crippen molar-refractivity contribution < 1.29 is 4.79 Å². The van der Waals surface area contributed by atoms with E-state index in [0.29, 0.717) is 0 Å². The summed E-state index contributed by atoms with van der Waals surface area (Å²) < 4.78 is 1.14. The minimum absolute atomic E-state index is 0.0155. The van der Waals surface area contributed by atoms with Crippen LogP contribution in [0.25, 0.3) is 16.3 Å². The molecular formula is C19H16N2OS. The normalized spacial score (nSPS) is 17.1. The Morgan fingerprint density at radius 2 is 2.00 bits per heavy atom. The number of hydrogen-bond donors (Lipinski definition) is 0. The second-order valence-electron chi connectivity index (χ2n) is 5.74. The lowest BCUT2D eigenvalue weighted by molar-refractivity contribution is -0.114. The molecule has 0 fully saturated rings. The highest BCUT2D eigenvalue weighted by Gasteiger charge is 2.29. The molecule has 1 aliphatic heterocycles. The Morgan fingerprint density at radius 3 is 2.87 bits per heavy atom. The van der Waals surface area contributed by atoms with E-state index in [1.807, 2.05) is 53.4 Å². The van der Waals surface area contributed by atoms with E-state index in [1.54, 1.807) is 17.4 Å². The fraction of sp³-hybridized carbons (Fsp3) is 0.158. The van der Waals surface area contributed by atoms with Crippen LogP contribution in [0.4, 0.5) is 5.69 Å². The molecule has 0 bridgehead atoms. The van der Waals surface area contributed by atoms with E-state index in [-0.39, 0.29) is 11.9 Å². The van der Waals surface area contributed by atoms with Crippen molar-refractivity contribution in [2.24, 2.45) is 0 Å². The van der Waals surface area contributed by atoms with Crippen molar-refractivity contribution >= 4 is 39.2 Å². The van der Waals surface area contributed by atoms with E-state index in [9.17, 15) is 4.79 Å². The van der Waals surface area contributed by atoms with Crippen LogP contribution in [0.3, 0.4) is 0 Å². The first kappa shape index (κ1) is 14.2. The zero-order valence-electron chi connectivity index (χ0n) is 12.8. The van der Waals surface area contributed by atoms with E-state index in [1.165, 1.54) is 5.56 Å². The monoisotopic (exact) mass is 320 g/mol. The summed E-state index contributed by atoms with van der Waals surface area (Å²) >= 11 is 1.60. The van der Waals surface area contributed by atoms with Crippen LogP contribution in [-0.2, 0) is 11.2 Å². The van der Waals surface area contributed by atoms with Crippen molar-refractivity contribution in [3.8, 4) is 0 Å². The number of anilines is 1. The van der Waals surface area contributed by atoms with Gasteiger partial charge in [-0.2, -0.15) is 0 Å². The number of carbonyl (C=O) groups is 1. The van der Waals surface area contributed by atoms with Gasteiger partial charge in [0.25, 0.3) is 5.91 Å². The van der Waals surface area contributed by atoms with Crippen LogP contribution in [0.15, 0.2) is 54.6 Å². The Balaban J connectivity index is 1.60. The molecule has 0 saturated carbocycles. The molecule has 1 aliphatic rings. The highest BCUT2D eigenvalue weighted by molar-refractivity contribution is 7.19. The Morgan fingerprint density at radius 1 is 1.22 bits per heavy atom. The summed E-state index contributed by atoms with van der Waals surface area (Å²) in [5.41, 5.74) is 3.24. The van der Waals surface area contributed by atoms with Crippen molar-refractivity contribution in [1.29, 1.82) is 0 Å². The van der Waals surface area contributed by atoms with Gasteiger partial charge in [-0.15, -0.1) is 11.3 Å². The molecule has 2 heterocycles. The average Bonchev–Trinajstić information content (AvgIpc) is 3.12. The SMILES string of the molecule is CC1Cc2ccccc2N1C(=O)/C=C/c1nc2ccccc2s1. The largest absolute Gasteiger partial charge is 0.305 e. The van der Waals surface area contributed by atoms with Crippen molar-refractivity contribution in [3.63, 3.8) is 0 Å². The summed E-state index contributed by atoms with van der Waals surface area (Å²) in [5, 5.41) is 0.861. The smallest absolute Gasteiger partial charge is 0.251 e. The van der Waals surface area contributed by atoms with E-state index >= 15 is 0 Å². The van der Waals surface area contributed by atoms with E-state index in [2.05, 4.69) is 18.0 Å². The topological polar surface area (TPSA) is 33.2 Å². The van der Waals surface area contributed by atoms with Gasteiger partial charge < -0.3 is 4.90 Å². The summed E-state index contributed by atoms with van der Waals surface area (Å²) in [4.78, 5) is 19.0. The standard InChI is InChI=1S/C19H16N2OS/c1-13-12-14-6-2-4-8-16(14)21(13)19(22)11-10-18-20-15-7-3-5-9-17(15)23-18/h2-11,13H,12H2,1H3/b11-10+. The third-order valence-corrected chi connectivity index (χ3v) is 5.13. The summed E-state index contributed by atoms with van der Waals surface area (Å²) in [6, 6.07) is 16.3. The van der Waals surface area contributed by atoms with Gasteiger partial charge in [0.2, 0.25) is 0 Å². The number of benzene rings is 2. The van der Waals surface area contributed by atoms with E-state index in [4.69, 9.17) is 0 Å². The third kappa shape index (κ3) is 2.55. The molecule has 4 rings (SSSR count). The predicted molar refractivity (Wildman–Crippen MR) is 95.7 cm³/mol. The quantitative estimate of drug-likeness (QED) is 0.660. The number of thiazole rings is 1. The van der Waals surface area contributed by atoms with Crippen molar-refractivity contribution in [2.75, 3.05) is 4.90 Å². The Hall–Kier alpha value is -2.46. The minimum Gasteiger partial charge on any atom is -0.305 e. The molecule has 0 spiro atoms. The van der Waals surface area contributed by atoms with Gasteiger partial charge in [-0.25, -0.2) is 4.98 Å². The zero-order valence-corrected chi connectivity index (χ0v) is 13.6. The molecule has 0 aliphatic carbocycles. The molecule has 4 heteroatoms. The lowest BCUT2D eigenvalue weighted by atomic mass is 10.1. The molecule has 1 amide bonds. The summed E-state index contributed by atoms with van der Waals surface area (Å²) in [6.07, 6.45) is 4.37. The number of aromatic nitrogens is 1. The number of para-hydroxylation sites is 2. The highest BCUT2D eigenvalue weighted by Crippen LogP contribution is 2.32. The molecule has 0 saturated heterocycles. The number of amides is 1. The maximum Gasteiger partial charge on any atom is 0.251 e. The molecule has 1 unspecified atom stereocenters. The lowest BCUT2D eigenvalue weighted by Crippen LogP contribution is -2.34. The summed E-state index contributed by atoms with van der Waals surface area (Å²) in [7, 11) is 0. The molecule has 114 valence electrons.